The van der Waals surface area contributed by atoms with Crippen molar-refractivity contribution in [1.29, 1.82) is 0 Å². The molecule has 0 spiro atoms. The number of halogens is 1. The molecule has 1 saturated heterocycles. The van der Waals surface area contributed by atoms with Crippen LogP contribution in [0, 0.1) is 12.7 Å². The summed E-state index contributed by atoms with van der Waals surface area (Å²) in [5, 5.41) is 1.06. The Morgan fingerprint density at radius 1 is 1.00 bits per heavy atom. The number of aryl methyl sites for hydroxylation is 1. The molecule has 0 amide bonds. The predicted molar refractivity (Wildman–Crippen MR) is 135 cm³/mol. The third-order valence-corrected chi connectivity index (χ3v) is 6.35. The minimum absolute atomic E-state index is 0.208. The normalized spacial score (nSPS) is 14.4. The number of rotatable bonds is 6. The molecule has 4 aromatic rings. The van der Waals surface area contributed by atoms with Crippen LogP contribution in [0.5, 0.6) is 5.75 Å². The van der Waals surface area contributed by atoms with Crippen molar-refractivity contribution in [3.63, 3.8) is 0 Å². The zero-order chi connectivity index (χ0) is 23.3. The van der Waals surface area contributed by atoms with Crippen LogP contribution in [-0.2, 0) is 0 Å². The molecule has 0 unspecified atom stereocenters. The molecule has 34 heavy (non-hydrogen) atoms. The molecule has 1 aliphatic heterocycles. The number of piperidine rings is 1. The molecule has 3 heterocycles. The van der Waals surface area contributed by atoms with Gasteiger partial charge >= 0.3 is 0 Å². The summed E-state index contributed by atoms with van der Waals surface area (Å²) < 4.78 is 20.5. The van der Waals surface area contributed by atoms with Crippen molar-refractivity contribution in [3.8, 4) is 16.9 Å². The van der Waals surface area contributed by atoms with E-state index in [2.05, 4.69) is 27.0 Å². The first-order valence-corrected chi connectivity index (χ1v) is 11.8. The van der Waals surface area contributed by atoms with E-state index in [1.54, 1.807) is 18.5 Å². The molecule has 0 aliphatic carbocycles. The SMILES string of the molecule is Cc1ccc2c(OCCN3CCC(=Cc4ccc(F)c(-c5ccncc5)c4)CC3)cccc2n1. The number of benzene rings is 2. The maximum atomic E-state index is 14.4. The zero-order valence-electron chi connectivity index (χ0n) is 19.4. The van der Waals surface area contributed by atoms with Gasteiger partial charge in [-0.25, -0.2) is 4.39 Å². The number of likely N-dealkylation sites (tertiary alicyclic amines) is 1. The number of hydrogen-bond acceptors (Lipinski definition) is 4. The highest BCUT2D eigenvalue weighted by Gasteiger charge is 2.15. The zero-order valence-corrected chi connectivity index (χ0v) is 19.4. The van der Waals surface area contributed by atoms with Gasteiger partial charge in [0.2, 0.25) is 0 Å². The highest BCUT2D eigenvalue weighted by molar-refractivity contribution is 5.85. The largest absolute Gasteiger partial charge is 0.492 e. The van der Waals surface area contributed by atoms with Crippen molar-refractivity contribution < 1.29 is 9.13 Å². The molecule has 1 aliphatic rings. The highest BCUT2D eigenvalue weighted by Crippen LogP contribution is 2.27. The molecule has 2 aromatic heterocycles. The van der Waals surface area contributed by atoms with Crippen molar-refractivity contribution in [1.82, 2.24) is 14.9 Å². The molecule has 4 nitrogen and oxygen atoms in total. The Morgan fingerprint density at radius 2 is 1.82 bits per heavy atom. The summed E-state index contributed by atoms with van der Waals surface area (Å²) in [7, 11) is 0. The van der Waals surface area contributed by atoms with Crippen LogP contribution in [0.15, 0.2) is 78.6 Å². The van der Waals surface area contributed by atoms with Crippen molar-refractivity contribution >= 4 is 17.0 Å². The van der Waals surface area contributed by atoms with Crippen LogP contribution in [0.25, 0.3) is 28.1 Å². The van der Waals surface area contributed by atoms with E-state index < -0.39 is 0 Å². The van der Waals surface area contributed by atoms with E-state index in [1.165, 1.54) is 5.57 Å². The summed E-state index contributed by atoms with van der Waals surface area (Å²) in [6.45, 7) is 5.56. The van der Waals surface area contributed by atoms with Gasteiger partial charge in [-0.3, -0.25) is 14.9 Å². The second-order valence-electron chi connectivity index (χ2n) is 8.74. The smallest absolute Gasteiger partial charge is 0.131 e. The predicted octanol–water partition coefficient (Wildman–Crippen LogP) is 6.30. The first-order valence-electron chi connectivity index (χ1n) is 11.8. The molecular formula is C29H28FN3O. The van der Waals surface area contributed by atoms with E-state index in [4.69, 9.17) is 4.74 Å². The van der Waals surface area contributed by atoms with Gasteiger partial charge < -0.3 is 4.74 Å². The summed E-state index contributed by atoms with van der Waals surface area (Å²) >= 11 is 0. The third-order valence-electron chi connectivity index (χ3n) is 6.35. The highest BCUT2D eigenvalue weighted by atomic mass is 19.1. The number of nitrogens with zero attached hydrogens (tertiary/aromatic N) is 3. The van der Waals surface area contributed by atoms with E-state index in [1.807, 2.05) is 55.5 Å². The molecule has 2 aromatic carbocycles. The number of ether oxygens (including phenoxy) is 1. The minimum Gasteiger partial charge on any atom is -0.492 e. The molecule has 172 valence electrons. The molecule has 0 atom stereocenters. The van der Waals surface area contributed by atoms with Crippen molar-refractivity contribution in [2.24, 2.45) is 0 Å². The Hall–Kier alpha value is -3.57. The van der Waals surface area contributed by atoms with Crippen LogP contribution in [-0.4, -0.2) is 41.1 Å². The first-order chi connectivity index (χ1) is 16.7. The first kappa shape index (κ1) is 22.2. The summed E-state index contributed by atoms with van der Waals surface area (Å²) in [6.07, 6.45) is 7.62. The van der Waals surface area contributed by atoms with E-state index in [0.29, 0.717) is 12.2 Å². The van der Waals surface area contributed by atoms with Crippen molar-refractivity contribution in [2.75, 3.05) is 26.2 Å². The van der Waals surface area contributed by atoms with Crippen LogP contribution in [0.2, 0.25) is 0 Å². The molecule has 5 heteroatoms. The van der Waals surface area contributed by atoms with Gasteiger partial charge in [-0.1, -0.05) is 23.8 Å². The lowest BCUT2D eigenvalue weighted by Crippen LogP contribution is -2.34. The summed E-state index contributed by atoms with van der Waals surface area (Å²) in [4.78, 5) is 11.1. The summed E-state index contributed by atoms with van der Waals surface area (Å²) in [5.74, 6) is 0.684. The minimum atomic E-state index is -0.208. The average molecular weight is 454 g/mol. The Morgan fingerprint density at radius 3 is 2.65 bits per heavy atom. The number of fused-ring (bicyclic) bond motifs is 1. The Bertz CT molecular complexity index is 1310. The van der Waals surface area contributed by atoms with Crippen LogP contribution in [0.3, 0.4) is 0 Å². The van der Waals surface area contributed by atoms with Crippen molar-refractivity contribution in [3.05, 3.63) is 95.7 Å². The summed E-state index contributed by atoms with van der Waals surface area (Å²) in [5.41, 5.74) is 5.89. The topological polar surface area (TPSA) is 38.2 Å². The quantitative estimate of drug-likeness (QED) is 0.343. The van der Waals surface area contributed by atoms with Crippen LogP contribution in [0.4, 0.5) is 4.39 Å². The fourth-order valence-corrected chi connectivity index (χ4v) is 4.47. The van der Waals surface area contributed by atoms with Crippen LogP contribution < -0.4 is 4.74 Å². The van der Waals surface area contributed by atoms with Crippen LogP contribution >= 0.6 is 0 Å². The number of hydrogen-bond donors (Lipinski definition) is 0. The molecular weight excluding hydrogens is 425 g/mol. The van der Waals surface area contributed by atoms with Crippen molar-refractivity contribution in [2.45, 2.75) is 19.8 Å². The molecule has 0 saturated carbocycles. The second kappa shape index (κ2) is 10.1. The Balaban J connectivity index is 1.17. The van der Waals surface area contributed by atoms with Gasteiger partial charge in [-0.2, -0.15) is 0 Å². The molecule has 0 radical (unpaired) electrons. The molecule has 0 bridgehead atoms. The number of aromatic nitrogens is 2. The van der Waals surface area contributed by atoms with Gasteiger partial charge in [0.1, 0.15) is 18.2 Å². The van der Waals surface area contributed by atoms with Crippen LogP contribution in [0.1, 0.15) is 24.1 Å². The van der Waals surface area contributed by atoms with E-state index in [9.17, 15) is 4.39 Å². The van der Waals surface area contributed by atoms with Gasteiger partial charge in [-0.05, 0) is 79.4 Å². The fraction of sp³-hybridized carbons (Fsp3) is 0.241. The van der Waals surface area contributed by atoms with Gasteiger partial charge in [-0.15, -0.1) is 0 Å². The second-order valence-corrected chi connectivity index (χ2v) is 8.74. The van der Waals surface area contributed by atoms with Gasteiger partial charge in [0, 0.05) is 48.7 Å². The maximum absolute atomic E-state index is 14.4. The molecule has 5 rings (SSSR count). The maximum Gasteiger partial charge on any atom is 0.131 e. The molecule has 1 fully saturated rings. The Labute approximate surface area is 199 Å². The van der Waals surface area contributed by atoms with Gasteiger partial charge in [0.15, 0.2) is 0 Å². The summed E-state index contributed by atoms with van der Waals surface area (Å²) in [6, 6.07) is 19.2. The van der Waals surface area contributed by atoms with E-state index in [-0.39, 0.29) is 5.82 Å². The lowest BCUT2D eigenvalue weighted by Gasteiger charge is -2.28. The van der Waals surface area contributed by atoms with Gasteiger partial charge in [0.05, 0.1) is 5.52 Å². The van der Waals surface area contributed by atoms with Gasteiger partial charge in [0.25, 0.3) is 0 Å². The lowest BCUT2D eigenvalue weighted by molar-refractivity contribution is 0.200. The van der Waals surface area contributed by atoms with E-state index in [0.717, 1.165) is 65.9 Å². The molecule has 0 N–H and O–H groups in total. The monoisotopic (exact) mass is 453 g/mol. The standard InChI is InChI=1S/C29H28FN3O/c1-21-5-7-25-28(32-21)3-2-4-29(25)34-18-17-33-15-11-22(12-16-33)19-23-6-8-27(30)26(20-23)24-9-13-31-14-10-24/h2-10,13-14,19-20H,11-12,15-18H2,1H3. The number of pyridine rings is 2. The third kappa shape index (κ3) is 5.15. The average Bonchev–Trinajstić information content (AvgIpc) is 2.86. The van der Waals surface area contributed by atoms with E-state index >= 15 is 0 Å². The fourth-order valence-electron chi connectivity index (χ4n) is 4.47. The Kier molecular flexibility index (Phi) is 6.63. The lowest BCUT2D eigenvalue weighted by atomic mass is 9.98.